The van der Waals surface area contributed by atoms with Gasteiger partial charge in [0.25, 0.3) is 5.91 Å². The molecule has 29 heavy (non-hydrogen) atoms. The summed E-state index contributed by atoms with van der Waals surface area (Å²) >= 11 is 0. The van der Waals surface area contributed by atoms with Crippen LogP contribution in [0.3, 0.4) is 0 Å². The first-order valence-electron chi connectivity index (χ1n) is 10.8. The zero-order valence-corrected chi connectivity index (χ0v) is 16.6. The highest BCUT2D eigenvalue weighted by atomic mass is 19.1. The van der Waals surface area contributed by atoms with Gasteiger partial charge >= 0.3 is 0 Å². The van der Waals surface area contributed by atoms with Gasteiger partial charge in [-0.2, -0.15) is 0 Å². The average molecular weight is 401 g/mol. The Morgan fingerprint density at radius 3 is 2.55 bits per heavy atom. The van der Waals surface area contributed by atoms with E-state index in [0.29, 0.717) is 37.7 Å². The second-order valence-electron chi connectivity index (χ2n) is 9.11. The molecule has 0 radical (unpaired) electrons. The molecular weight excluding hydrogens is 373 g/mol. The average Bonchev–Trinajstić information content (AvgIpc) is 3.08. The van der Waals surface area contributed by atoms with Crippen molar-refractivity contribution in [2.45, 2.75) is 68.8 Å². The van der Waals surface area contributed by atoms with Gasteiger partial charge in [0.05, 0.1) is 18.7 Å². The number of benzene rings is 1. The predicted octanol–water partition coefficient (Wildman–Crippen LogP) is 1.52. The maximum Gasteiger partial charge on any atom is 0.252 e. The predicted molar refractivity (Wildman–Crippen MR) is 104 cm³/mol. The monoisotopic (exact) mass is 401 g/mol. The molecule has 3 aliphatic heterocycles. The summed E-state index contributed by atoms with van der Waals surface area (Å²) in [5, 5.41) is 10.3. The minimum atomic E-state index is -0.765. The minimum absolute atomic E-state index is 0.0457. The number of fused-ring (bicyclic) bond motifs is 2. The fourth-order valence-corrected chi connectivity index (χ4v) is 5.77. The molecule has 2 amide bonds. The van der Waals surface area contributed by atoms with E-state index in [-0.39, 0.29) is 18.4 Å². The number of nitrogens with zero attached hydrogens (tertiary/aromatic N) is 3. The highest BCUT2D eigenvalue weighted by Gasteiger charge is 2.64. The fraction of sp³-hybridized carbons (Fsp3) is 0.636. The van der Waals surface area contributed by atoms with E-state index in [4.69, 9.17) is 0 Å². The lowest BCUT2D eigenvalue weighted by Gasteiger charge is -2.60. The van der Waals surface area contributed by atoms with Gasteiger partial charge in [-0.1, -0.05) is 37.5 Å². The van der Waals surface area contributed by atoms with Crippen LogP contribution in [-0.2, 0) is 16.1 Å². The molecule has 156 valence electrons. The van der Waals surface area contributed by atoms with E-state index in [0.717, 1.165) is 12.8 Å². The molecule has 1 aromatic rings. The normalized spacial score (nSPS) is 30.6. The molecule has 3 saturated heterocycles. The number of carbonyl (C=O) groups is 2. The van der Waals surface area contributed by atoms with E-state index in [9.17, 15) is 19.1 Å². The van der Waals surface area contributed by atoms with Gasteiger partial charge in [0.1, 0.15) is 11.4 Å². The number of imide groups is 1. The Morgan fingerprint density at radius 2 is 1.83 bits per heavy atom. The standard InChI is InChI=1S/C22H28FN3O3/c23-18-9-5-4-6-15(18)11-25-20(28)19-10-17(27)12-26(19)22(21(25)29)13-24(14-22)16-7-2-1-3-8-16/h4-6,9,16-17,19,27H,1-3,7-8,10-14H2. The summed E-state index contributed by atoms with van der Waals surface area (Å²) in [7, 11) is 0. The third-order valence-electron chi connectivity index (χ3n) is 7.33. The van der Waals surface area contributed by atoms with Crippen LogP contribution in [0.4, 0.5) is 4.39 Å². The van der Waals surface area contributed by atoms with Crippen molar-refractivity contribution in [3.8, 4) is 0 Å². The third kappa shape index (κ3) is 3.02. The van der Waals surface area contributed by atoms with Crippen molar-refractivity contribution < 1.29 is 19.1 Å². The maximum atomic E-state index is 14.2. The minimum Gasteiger partial charge on any atom is -0.392 e. The maximum absolute atomic E-state index is 14.2. The van der Waals surface area contributed by atoms with Crippen LogP contribution in [0.5, 0.6) is 0 Å². The Hall–Kier alpha value is -1.83. The van der Waals surface area contributed by atoms with E-state index in [1.54, 1.807) is 18.2 Å². The molecule has 0 bridgehead atoms. The van der Waals surface area contributed by atoms with Gasteiger partial charge in [-0.3, -0.25) is 24.3 Å². The fourth-order valence-electron chi connectivity index (χ4n) is 5.77. The molecule has 1 aliphatic carbocycles. The number of halogens is 1. The number of aliphatic hydroxyl groups is 1. The molecule has 2 unspecified atom stereocenters. The third-order valence-corrected chi connectivity index (χ3v) is 7.33. The van der Waals surface area contributed by atoms with E-state index in [1.807, 2.05) is 4.90 Å². The van der Waals surface area contributed by atoms with Crippen molar-refractivity contribution in [2.75, 3.05) is 19.6 Å². The summed E-state index contributed by atoms with van der Waals surface area (Å²) in [6.07, 6.45) is 5.79. The molecule has 2 atom stereocenters. The zero-order chi connectivity index (χ0) is 20.2. The molecule has 1 N–H and O–H groups in total. The van der Waals surface area contributed by atoms with Gasteiger partial charge < -0.3 is 5.11 Å². The highest BCUT2D eigenvalue weighted by Crippen LogP contribution is 2.43. The van der Waals surface area contributed by atoms with Crippen LogP contribution in [0.25, 0.3) is 0 Å². The molecule has 3 heterocycles. The van der Waals surface area contributed by atoms with Crippen LogP contribution >= 0.6 is 0 Å². The molecule has 4 fully saturated rings. The van der Waals surface area contributed by atoms with Crippen LogP contribution in [-0.4, -0.2) is 75.0 Å². The molecule has 5 rings (SSSR count). The Bertz CT molecular complexity index is 819. The summed E-state index contributed by atoms with van der Waals surface area (Å²) in [4.78, 5) is 32.2. The van der Waals surface area contributed by atoms with Gasteiger partial charge in [-0.25, -0.2) is 4.39 Å². The van der Waals surface area contributed by atoms with Crippen LogP contribution in [0.2, 0.25) is 0 Å². The van der Waals surface area contributed by atoms with Crippen LogP contribution in [0.15, 0.2) is 24.3 Å². The van der Waals surface area contributed by atoms with Crippen molar-refractivity contribution in [1.29, 1.82) is 0 Å². The second kappa shape index (κ2) is 7.15. The molecule has 0 aromatic heterocycles. The van der Waals surface area contributed by atoms with Crippen molar-refractivity contribution in [1.82, 2.24) is 14.7 Å². The number of β-amino-alcohol motifs (C(OH)–C–C–N with tert-alkyl or cyclic N) is 1. The summed E-state index contributed by atoms with van der Waals surface area (Å²) in [6, 6.07) is 6.29. The summed E-state index contributed by atoms with van der Waals surface area (Å²) in [5.41, 5.74) is -0.418. The first kappa shape index (κ1) is 19.2. The molecule has 1 saturated carbocycles. The van der Waals surface area contributed by atoms with Gasteiger partial charge in [0.15, 0.2) is 0 Å². The van der Waals surface area contributed by atoms with Crippen LogP contribution in [0, 0.1) is 5.82 Å². The Kier molecular flexibility index (Phi) is 4.72. The lowest BCUT2D eigenvalue weighted by atomic mass is 9.79. The number of hydrogen-bond acceptors (Lipinski definition) is 5. The number of amides is 2. The number of aliphatic hydroxyl groups excluding tert-OH is 1. The quantitative estimate of drug-likeness (QED) is 0.778. The topological polar surface area (TPSA) is 64.1 Å². The SMILES string of the molecule is O=C1C2CC(O)CN2C2(CN(C3CCCCC3)C2)C(=O)N1Cc1ccccc1F. The number of carbonyl (C=O) groups excluding carboxylic acids is 2. The molecule has 1 aromatic carbocycles. The van der Waals surface area contributed by atoms with Crippen molar-refractivity contribution in [3.63, 3.8) is 0 Å². The first-order chi connectivity index (χ1) is 14.0. The molecule has 4 aliphatic rings. The molecule has 7 heteroatoms. The molecular formula is C22H28FN3O3. The lowest BCUT2D eigenvalue weighted by molar-refractivity contribution is -0.183. The lowest BCUT2D eigenvalue weighted by Crippen LogP contribution is -2.82. The van der Waals surface area contributed by atoms with Gasteiger partial charge in [0, 0.05) is 31.2 Å². The van der Waals surface area contributed by atoms with Crippen LogP contribution < -0.4 is 0 Å². The van der Waals surface area contributed by atoms with Crippen molar-refractivity contribution >= 4 is 11.8 Å². The van der Waals surface area contributed by atoms with E-state index in [1.165, 1.54) is 30.2 Å². The van der Waals surface area contributed by atoms with Gasteiger partial charge in [-0.15, -0.1) is 0 Å². The Balaban J connectivity index is 1.42. The number of likely N-dealkylation sites (tertiary alicyclic amines) is 1. The summed E-state index contributed by atoms with van der Waals surface area (Å²) in [5.74, 6) is -0.951. The van der Waals surface area contributed by atoms with E-state index >= 15 is 0 Å². The number of hydrogen-bond donors (Lipinski definition) is 1. The van der Waals surface area contributed by atoms with Crippen molar-refractivity contribution in [3.05, 3.63) is 35.6 Å². The highest BCUT2D eigenvalue weighted by molar-refractivity contribution is 6.06. The van der Waals surface area contributed by atoms with E-state index in [2.05, 4.69) is 4.90 Å². The Labute approximate surface area is 170 Å². The number of piperazine rings is 1. The zero-order valence-electron chi connectivity index (χ0n) is 16.6. The molecule has 6 nitrogen and oxygen atoms in total. The van der Waals surface area contributed by atoms with Crippen molar-refractivity contribution in [2.24, 2.45) is 0 Å². The smallest absolute Gasteiger partial charge is 0.252 e. The largest absolute Gasteiger partial charge is 0.392 e. The molecule has 1 spiro atoms. The van der Waals surface area contributed by atoms with E-state index < -0.39 is 23.5 Å². The second-order valence-corrected chi connectivity index (χ2v) is 9.11. The van der Waals surface area contributed by atoms with Crippen LogP contribution in [0.1, 0.15) is 44.1 Å². The summed E-state index contributed by atoms with van der Waals surface area (Å²) < 4.78 is 14.2. The first-order valence-corrected chi connectivity index (χ1v) is 10.8. The number of rotatable bonds is 3. The summed E-state index contributed by atoms with van der Waals surface area (Å²) in [6.45, 7) is 1.51. The Morgan fingerprint density at radius 1 is 1.10 bits per heavy atom. The van der Waals surface area contributed by atoms with Gasteiger partial charge in [-0.05, 0) is 25.3 Å². The van der Waals surface area contributed by atoms with Gasteiger partial charge in [0.2, 0.25) is 5.91 Å².